The molecule has 0 saturated carbocycles. The van der Waals surface area contributed by atoms with E-state index in [1.807, 2.05) is 39.8 Å². The lowest BCUT2D eigenvalue weighted by Crippen LogP contribution is -2.25. The van der Waals surface area contributed by atoms with Gasteiger partial charge in [-0.2, -0.15) is 0 Å². The first-order valence-corrected chi connectivity index (χ1v) is 6.26. The number of hydrogen-bond donors (Lipinski definition) is 1. The van der Waals surface area contributed by atoms with Crippen LogP contribution in [0.2, 0.25) is 0 Å². The Morgan fingerprint density at radius 1 is 1.28 bits per heavy atom. The van der Waals surface area contributed by atoms with Crippen LogP contribution in [0, 0.1) is 5.92 Å². The van der Waals surface area contributed by atoms with E-state index >= 15 is 0 Å². The lowest BCUT2D eigenvalue weighted by atomic mass is 9.98. The van der Waals surface area contributed by atoms with Crippen molar-refractivity contribution in [1.82, 2.24) is 0 Å². The first-order valence-electron chi connectivity index (χ1n) is 6.26. The smallest absolute Gasteiger partial charge is 0.306 e. The van der Waals surface area contributed by atoms with Gasteiger partial charge in [0.05, 0.1) is 0 Å². The molecule has 1 atom stereocenters. The minimum absolute atomic E-state index is 0.159. The van der Waals surface area contributed by atoms with Crippen molar-refractivity contribution in [2.75, 3.05) is 0 Å². The van der Waals surface area contributed by atoms with Crippen LogP contribution in [0.5, 0.6) is 5.75 Å². The van der Waals surface area contributed by atoms with Crippen LogP contribution in [0.1, 0.15) is 39.7 Å². The standard InChI is InChI=1S/C15H22O3/c1-11(10-14(17)18-15(2,3)4)9-12-5-7-13(16)8-6-12/h5-8,11,16H,9-10H2,1-4H3/t11-/m1/s1. The Bertz CT molecular complexity index is 387. The van der Waals surface area contributed by atoms with E-state index in [1.165, 1.54) is 0 Å². The zero-order valence-electron chi connectivity index (χ0n) is 11.6. The summed E-state index contributed by atoms with van der Waals surface area (Å²) >= 11 is 0. The summed E-state index contributed by atoms with van der Waals surface area (Å²) in [5.74, 6) is 0.330. The quantitative estimate of drug-likeness (QED) is 0.834. The topological polar surface area (TPSA) is 46.5 Å². The average Bonchev–Trinajstić information content (AvgIpc) is 2.18. The zero-order valence-corrected chi connectivity index (χ0v) is 11.6. The Hall–Kier alpha value is -1.51. The van der Waals surface area contributed by atoms with E-state index in [0.29, 0.717) is 6.42 Å². The summed E-state index contributed by atoms with van der Waals surface area (Å²) < 4.78 is 5.29. The summed E-state index contributed by atoms with van der Waals surface area (Å²) in [4.78, 5) is 11.7. The van der Waals surface area contributed by atoms with Crippen LogP contribution in [0.25, 0.3) is 0 Å². The van der Waals surface area contributed by atoms with Crippen LogP contribution >= 0.6 is 0 Å². The highest BCUT2D eigenvalue weighted by Gasteiger charge is 2.18. The van der Waals surface area contributed by atoms with E-state index in [-0.39, 0.29) is 17.6 Å². The van der Waals surface area contributed by atoms with Gasteiger partial charge in [-0.3, -0.25) is 4.79 Å². The minimum atomic E-state index is -0.421. The molecule has 0 saturated heterocycles. The van der Waals surface area contributed by atoms with Crippen molar-refractivity contribution >= 4 is 5.97 Å². The predicted molar refractivity (Wildman–Crippen MR) is 71.4 cm³/mol. The van der Waals surface area contributed by atoms with Crippen molar-refractivity contribution in [3.8, 4) is 5.75 Å². The second-order valence-electron chi connectivity index (χ2n) is 5.77. The van der Waals surface area contributed by atoms with Crippen molar-refractivity contribution in [2.45, 2.75) is 46.1 Å². The molecule has 1 N–H and O–H groups in total. The molecule has 0 fully saturated rings. The summed E-state index contributed by atoms with van der Waals surface area (Å²) in [6, 6.07) is 7.08. The molecule has 0 aromatic heterocycles. The van der Waals surface area contributed by atoms with Crippen molar-refractivity contribution in [3.63, 3.8) is 0 Å². The van der Waals surface area contributed by atoms with Gasteiger partial charge in [0, 0.05) is 6.42 Å². The third-order valence-corrected chi connectivity index (χ3v) is 2.46. The highest BCUT2D eigenvalue weighted by Crippen LogP contribution is 2.17. The summed E-state index contributed by atoms with van der Waals surface area (Å²) in [5.41, 5.74) is 0.693. The van der Waals surface area contributed by atoms with Gasteiger partial charge in [-0.15, -0.1) is 0 Å². The number of hydrogen-bond acceptors (Lipinski definition) is 3. The molecule has 3 heteroatoms. The number of phenols is 1. The van der Waals surface area contributed by atoms with Gasteiger partial charge in [-0.05, 0) is 50.8 Å². The molecular weight excluding hydrogens is 228 g/mol. The van der Waals surface area contributed by atoms with Crippen molar-refractivity contribution < 1.29 is 14.6 Å². The van der Waals surface area contributed by atoms with E-state index in [2.05, 4.69) is 0 Å². The lowest BCUT2D eigenvalue weighted by molar-refractivity contribution is -0.155. The van der Waals surface area contributed by atoms with Crippen LogP contribution in [-0.2, 0) is 16.0 Å². The van der Waals surface area contributed by atoms with Gasteiger partial charge in [-0.1, -0.05) is 19.1 Å². The Morgan fingerprint density at radius 2 is 1.83 bits per heavy atom. The van der Waals surface area contributed by atoms with E-state index < -0.39 is 5.60 Å². The Kier molecular flexibility index (Phi) is 4.76. The number of carbonyl (C=O) groups is 1. The molecule has 0 aliphatic rings. The lowest BCUT2D eigenvalue weighted by Gasteiger charge is -2.21. The monoisotopic (exact) mass is 250 g/mol. The molecule has 3 nitrogen and oxygen atoms in total. The molecular formula is C15H22O3. The molecule has 1 rings (SSSR count). The van der Waals surface area contributed by atoms with Gasteiger partial charge in [0.1, 0.15) is 11.4 Å². The van der Waals surface area contributed by atoms with Crippen molar-refractivity contribution in [1.29, 1.82) is 0 Å². The number of esters is 1. The van der Waals surface area contributed by atoms with Gasteiger partial charge in [0.25, 0.3) is 0 Å². The average molecular weight is 250 g/mol. The third kappa shape index (κ3) is 5.71. The highest BCUT2D eigenvalue weighted by atomic mass is 16.6. The maximum atomic E-state index is 11.7. The summed E-state index contributed by atoms with van der Waals surface area (Å²) in [7, 11) is 0. The predicted octanol–water partition coefficient (Wildman–Crippen LogP) is 3.30. The number of phenolic OH excluding ortho intramolecular Hbond substituents is 1. The van der Waals surface area contributed by atoms with E-state index in [0.717, 1.165) is 12.0 Å². The zero-order chi connectivity index (χ0) is 13.8. The highest BCUT2D eigenvalue weighted by molar-refractivity contribution is 5.70. The number of ether oxygens (including phenoxy) is 1. The first-order chi connectivity index (χ1) is 8.26. The molecule has 0 aliphatic heterocycles. The summed E-state index contributed by atoms with van der Waals surface area (Å²) in [5, 5.41) is 9.19. The SMILES string of the molecule is C[C@@H](CC(=O)OC(C)(C)C)Cc1ccc(O)cc1. The Balaban J connectivity index is 2.44. The number of benzene rings is 1. The van der Waals surface area contributed by atoms with Crippen LogP contribution in [0.4, 0.5) is 0 Å². The summed E-state index contributed by atoms with van der Waals surface area (Å²) in [6.45, 7) is 7.64. The number of carbonyl (C=O) groups excluding carboxylic acids is 1. The van der Waals surface area contributed by atoms with Crippen LogP contribution in [0.15, 0.2) is 24.3 Å². The van der Waals surface area contributed by atoms with Gasteiger partial charge in [-0.25, -0.2) is 0 Å². The third-order valence-electron chi connectivity index (χ3n) is 2.46. The molecule has 0 bridgehead atoms. The second-order valence-corrected chi connectivity index (χ2v) is 5.77. The van der Waals surface area contributed by atoms with Crippen LogP contribution in [-0.4, -0.2) is 16.7 Å². The molecule has 0 unspecified atom stereocenters. The molecule has 0 aliphatic carbocycles. The van der Waals surface area contributed by atoms with Gasteiger partial charge >= 0.3 is 5.97 Å². The van der Waals surface area contributed by atoms with Crippen molar-refractivity contribution in [3.05, 3.63) is 29.8 Å². The van der Waals surface area contributed by atoms with Crippen LogP contribution < -0.4 is 0 Å². The molecule has 100 valence electrons. The normalized spacial score (nSPS) is 13.1. The van der Waals surface area contributed by atoms with Gasteiger partial charge in [0.15, 0.2) is 0 Å². The summed E-state index contributed by atoms with van der Waals surface area (Å²) in [6.07, 6.45) is 1.22. The molecule has 1 aromatic carbocycles. The fourth-order valence-electron chi connectivity index (χ4n) is 1.77. The number of aromatic hydroxyl groups is 1. The van der Waals surface area contributed by atoms with Gasteiger partial charge < -0.3 is 9.84 Å². The molecule has 18 heavy (non-hydrogen) atoms. The first kappa shape index (κ1) is 14.6. The van der Waals surface area contributed by atoms with E-state index in [9.17, 15) is 9.90 Å². The second kappa shape index (κ2) is 5.89. The Labute approximate surface area is 109 Å². The minimum Gasteiger partial charge on any atom is -0.508 e. The van der Waals surface area contributed by atoms with Gasteiger partial charge in [0.2, 0.25) is 0 Å². The molecule has 0 amide bonds. The molecule has 0 spiro atoms. The van der Waals surface area contributed by atoms with E-state index in [4.69, 9.17) is 4.74 Å². The fraction of sp³-hybridized carbons (Fsp3) is 0.533. The molecule has 0 heterocycles. The largest absolute Gasteiger partial charge is 0.508 e. The number of rotatable bonds is 4. The maximum absolute atomic E-state index is 11.7. The maximum Gasteiger partial charge on any atom is 0.306 e. The molecule has 0 radical (unpaired) electrons. The Morgan fingerprint density at radius 3 is 2.33 bits per heavy atom. The van der Waals surface area contributed by atoms with E-state index in [1.54, 1.807) is 12.1 Å². The fourth-order valence-corrected chi connectivity index (χ4v) is 1.77. The van der Waals surface area contributed by atoms with Crippen molar-refractivity contribution in [2.24, 2.45) is 5.92 Å². The van der Waals surface area contributed by atoms with Crippen LogP contribution in [0.3, 0.4) is 0 Å². The molecule has 1 aromatic rings.